The van der Waals surface area contributed by atoms with E-state index in [1.807, 2.05) is 20.8 Å². The minimum absolute atomic E-state index is 0.0207. The lowest BCUT2D eigenvalue weighted by Gasteiger charge is -2.23. The molecule has 0 saturated carbocycles. The van der Waals surface area contributed by atoms with Crippen molar-refractivity contribution in [3.05, 3.63) is 36.4 Å². The number of carbonyl (C=O) groups is 2. The summed E-state index contributed by atoms with van der Waals surface area (Å²) in [6.07, 6.45) is 1.63. The molecule has 1 N–H and O–H groups in total. The lowest BCUT2D eigenvalue weighted by atomic mass is 10.1. The van der Waals surface area contributed by atoms with Crippen LogP contribution in [0.15, 0.2) is 30.9 Å². The van der Waals surface area contributed by atoms with Crippen molar-refractivity contribution in [3.8, 4) is 11.5 Å². The molecule has 0 bridgehead atoms. The molecular weight excluding hydrogens is 308 g/mol. The van der Waals surface area contributed by atoms with Gasteiger partial charge in [0.15, 0.2) is 11.5 Å². The van der Waals surface area contributed by atoms with Gasteiger partial charge in [-0.25, -0.2) is 0 Å². The molecule has 132 valence electrons. The first kappa shape index (κ1) is 19.5. The van der Waals surface area contributed by atoms with Gasteiger partial charge in [-0.3, -0.25) is 9.59 Å². The summed E-state index contributed by atoms with van der Waals surface area (Å²) in [5.74, 6) is 0.501. The van der Waals surface area contributed by atoms with Crippen molar-refractivity contribution >= 4 is 11.8 Å². The highest BCUT2D eigenvalue weighted by atomic mass is 16.5. The lowest BCUT2D eigenvalue weighted by molar-refractivity contribution is -0.122. The number of methoxy groups -OCH3 is 1. The molecule has 1 aromatic carbocycles. The maximum absolute atomic E-state index is 12.5. The monoisotopic (exact) mass is 334 g/mol. The number of likely N-dealkylation sites (N-methyl/N-ethyl adjacent to an activating group) is 1. The highest BCUT2D eigenvalue weighted by Crippen LogP contribution is 2.28. The normalized spacial score (nSPS) is 10.7. The number of benzene rings is 1. The maximum atomic E-state index is 12.5. The molecular formula is C18H26N2O4. The van der Waals surface area contributed by atoms with Crippen molar-refractivity contribution in [3.63, 3.8) is 0 Å². The van der Waals surface area contributed by atoms with Crippen LogP contribution in [0.1, 0.15) is 31.1 Å². The number of amides is 2. The number of nitrogens with one attached hydrogen (secondary N) is 1. The number of hydrogen-bond donors (Lipinski definition) is 1. The predicted molar refractivity (Wildman–Crippen MR) is 93.5 cm³/mol. The summed E-state index contributed by atoms with van der Waals surface area (Å²) >= 11 is 0. The molecule has 6 heteroatoms. The Kier molecular flexibility index (Phi) is 6.82. The van der Waals surface area contributed by atoms with Crippen molar-refractivity contribution in [1.82, 2.24) is 10.2 Å². The van der Waals surface area contributed by atoms with Gasteiger partial charge in [0, 0.05) is 18.2 Å². The van der Waals surface area contributed by atoms with Gasteiger partial charge >= 0.3 is 0 Å². The third-order valence-electron chi connectivity index (χ3n) is 3.01. The standard InChI is InChI=1S/C18H26N2O4/c1-7-10-24-14-9-8-13(11-15(14)23-6)17(22)20(5)12-16(21)19-18(2,3)4/h7-9,11H,1,10,12H2,2-6H3,(H,19,21). The summed E-state index contributed by atoms with van der Waals surface area (Å²) in [6.45, 7) is 9.58. The number of rotatable bonds is 7. The summed E-state index contributed by atoms with van der Waals surface area (Å²) in [5.41, 5.74) is 0.0813. The average Bonchev–Trinajstić information content (AvgIpc) is 2.49. The fourth-order valence-corrected chi connectivity index (χ4v) is 2.03. The topological polar surface area (TPSA) is 67.9 Å². The van der Waals surface area contributed by atoms with Crippen LogP contribution < -0.4 is 14.8 Å². The fourth-order valence-electron chi connectivity index (χ4n) is 2.03. The molecule has 0 atom stereocenters. The molecule has 1 rings (SSSR count). The van der Waals surface area contributed by atoms with E-state index in [1.54, 1.807) is 31.3 Å². The van der Waals surface area contributed by atoms with Crippen molar-refractivity contribution in [2.45, 2.75) is 26.3 Å². The second-order valence-electron chi connectivity index (χ2n) is 6.42. The molecule has 0 unspecified atom stereocenters. The zero-order valence-electron chi connectivity index (χ0n) is 15.0. The third-order valence-corrected chi connectivity index (χ3v) is 3.01. The molecule has 6 nitrogen and oxygen atoms in total. The van der Waals surface area contributed by atoms with E-state index in [0.717, 1.165) is 0 Å². The smallest absolute Gasteiger partial charge is 0.254 e. The Labute approximate surface area is 143 Å². The van der Waals surface area contributed by atoms with Gasteiger partial charge in [-0.2, -0.15) is 0 Å². The molecule has 2 amide bonds. The molecule has 24 heavy (non-hydrogen) atoms. The molecule has 0 aliphatic carbocycles. The first-order chi connectivity index (χ1) is 11.2. The lowest BCUT2D eigenvalue weighted by Crippen LogP contribution is -2.46. The van der Waals surface area contributed by atoms with E-state index in [1.165, 1.54) is 12.0 Å². The van der Waals surface area contributed by atoms with Crippen LogP contribution in [0.25, 0.3) is 0 Å². The molecule has 1 aromatic rings. The second-order valence-corrected chi connectivity index (χ2v) is 6.42. The van der Waals surface area contributed by atoms with Gasteiger partial charge in [0.25, 0.3) is 5.91 Å². The van der Waals surface area contributed by atoms with E-state index in [0.29, 0.717) is 23.7 Å². The minimum atomic E-state index is -0.339. The summed E-state index contributed by atoms with van der Waals surface area (Å²) in [6, 6.07) is 4.90. The largest absolute Gasteiger partial charge is 0.493 e. The highest BCUT2D eigenvalue weighted by Gasteiger charge is 2.19. The van der Waals surface area contributed by atoms with Gasteiger partial charge in [-0.15, -0.1) is 0 Å². The molecule has 0 fully saturated rings. The van der Waals surface area contributed by atoms with Crippen molar-refractivity contribution in [1.29, 1.82) is 0 Å². The Morgan fingerprint density at radius 2 is 1.96 bits per heavy atom. The summed E-state index contributed by atoms with van der Waals surface area (Å²) in [5, 5.41) is 2.82. The van der Waals surface area contributed by atoms with Gasteiger partial charge in [-0.1, -0.05) is 12.7 Å². The number of carbonyl (C=O) groups excluding carboxylic acids is 2. The summed E-state index contributed by atoms with van der Waals surface area (Å²) in [4.78, 5) is 25.8. The van der Waals surface area contributed by atoms with E-state index in [4.69, 9.17) is 9.47 Å². The Morgan fingerprint density at radius 1 is 1.29 bits per heavy atom. The molecule has 0 radical (unpaired) electrons. The highest BCUT2D eigenvalue weighted by molar-refractivity contribution is 5.97. The van der Waals surface area contributed by atoms with Gasteiger partial charge in [0.2, 0.25) is 5.91 Å². The fraction of sp³-hybridized carbons (Fsp3) is 0.444. The van der Waals surface area contributed by atoms with Crippen LogP contribution in [0.5, 0.6) is 11.5 Å². The number of nitrogens with zero attached hydrogens (tertiary/aromatic N) is 1. The van der Waals surface area contributed by atoms with E-state index < -0.39 is 0 Å². The van der Waals surface area contributed by atoms with Crippen molar-refractivity contribution in [2.75, 3.05) is 27.3 Å². The molecule has 0 saturated heterocycles. The summed E-state index contributed by atoms with van der Waals surface area (Å²) in [7, 11) is 3.09. The van der Waals surface area contributed by atoms with Gasteiger partial charge in [0.05, 0.1) is 13.7 Å². The third kappa shape index (κ3) is 5.95. The van der Waals surface area contributed by atoms with E-state index in [-0.39, 0.29) is 23.9 Å². The predicted octanol–water partition coefficient (Wildman–Crippen LogP) is 2.25. The van der Waals surface area contributed by atoms with Crippen molar-refractivity contribution < 1.29 is 19.1 Å². The molecule has 0 aliphatic heterocycles. The zero-order chi connectivity index (χ0) is 18.3. The number of hydrogen-bond acceptors (Lipinski definition) is 4. The second kappa shape index (κ2) is 8.38. The zero-order valence-corrected chi connectivity index (χ0v) is 15.0. The van der Waals surface area contributed by atoms with Crippen LogP contribution in [0.2, 0.25) is 0 Å². The molecule has 0 aliphatic rings. The van der Waals surface area contributed by atoms with E-state index in [2.05, 4.69) is 11.9 Å². The Hall–Kier alpha value is -2.50. The van der Waals surface area contributed by atoms with Gasteiger partial charge < -0.3 is 19.7 Å². The molecule has 0 heterocycles. The van der Waals surface area contributed by atoms with Gasteiger partial charge in [0.1, 0.15) is 6.61 Å². The SMILES string of the molecule is C=CCOc1ccc(C(=O)N(C)CC(=O)NC(C)(C)C)cc1OC. The quantitative estimate of drug-likeness (QED) is 0.777. The van der Waals surface area contributed by atoms with Crippen LogP contribution in [0.4, 0.5) is 0 Å². The Balaban J connectivity index is 2.82. The average molecular weight is 334 g/mol. The minimum Gasteiger partial charge on any atom is -0.493 e. The number of ether oxygens (including phenoxy) is 2. The Morgan fingerprint density at radius 3 is 2.50 bits per heavy atom. The van der Waals surface area contributed by atoms with Crippen LogP contribution in [0.3, 0.4) is 0 Å². The first-order valence-corrected chi connectivity index (χ1v) is 7.66. The van der Waals surface area contributed by atoms with Crippen molar-refractivity contribution in [2.24, 2.45) is 0 Å². The van der Waals surface area contributed by atoms with Crippen LogP contribution in [-0.4, -0.2) is 49.6 Å². The van der Waals surface area contributed by atoms with Crippen LogP contribution in [0, 0.1) is 0 Å². The van der Waals surface area contributed by atoms with E-state index >= 15 is 0 Å². The van der Waals surface area contributed by atoms with Crippen LogP contribution >= 0.6 is 0 Å². The molecule has 0 aromatic heterocycles. The maximum Gasteiger partial charge on any atom is 0.254 e. The van der Waals surface area contributed by atoms with Crippen LogP contribution in [-0.2, 0) is 4.79 Å². The Bertz CT molecular complexity index is 606. The first-order valence-electron chi connectivity index (χ1n) is 7.66. The summed E-state index contributed by atoms with van der Waals surface area (Å²) < 4.78 is 10.7. The van der Waals surface area contributed by atoms with E-state index in [9.17, 15) is 9.59 Å². The molecule has 0 spiro atoms. The van der Waals surface area contributed by atoms with Gasteiger partial charge in [-0.05, 0) is 39.0 Å².